The van der Waals surface area contributed by atoms with E-state index >= 15 is 0 Å². The molecular weight excluding hydrogens is 885 g/mol. The fourth-order valence-corrected chi connectivity index (χ4v) is 8.55. The predicted molar refractivity (Wildman–Crippen MR) is 224 cm³/mol. The van der Waals surface area contributed by atoms with E-state index in [1.165, 1.54) is 73.8 Å². The molecule has 24 heteroatoms. The molecule has 7 rings (SSSR count). The highest BCUT2D eigenvalue weighted by atomic mass is 32.2. The summed E-state index contributed by atoms with van der Waals surface area (Å²) in [6, 6.07) is 13.0. The highest BCUT2D eigenvalue weighted by molar-refractivity contribution is 7.99. The third-order valence-electron chi connectivity index (χ3n) is 10.0. The van der Waals surface area contributed by atoms with Crippen LogP contribution < -0.4 is 27.5 Å². The average molecular weight is 924 g/mol. The molecule has 0 saturated carbocycles. The van der Waals surface area contributed by atoms with Crippen LogP contribution in [0.4, 0.5) is 0 Å². The minimum Gasteiger partial charge on any atom is -0.508 e. The number of carbonyl (C=O) groups excluding carboxylic acids is 2. The molecule has 4 aromatic rings. The number of aromatic amines is 1. The highest BCUT2D eigenvalue weighted by Gasteiger charge is 2.38. The first-order chi connectivity index (χ1) is 30.4. The highest BCUT2D eigenvalue weighted by Crippen LogP contribution is 2.45. The van der Waals surface area contributed by atoms with Crippen LogP contribution >= 0.6 is 19.6 Å². The van der Waals surface area contributed by atoms with Crippen LogP contribution in [-0.2, 0) is 29.7 Å². The molecule has 0 spiro atoms. The normalized spacial score (nSPS) is 17.1. The zero-order valence-corrected chi connectivity index (χ0v) is 35.0. The number of carboxylic acids is 1. The molecule has 0 radical (unpaired) electrons. The van der Waals surface area contributed by atoms with Crippen molar-refractivity contribution >= 4 is 48.3 Å². The third kappa shape index (κ3) is 9.90. The van der Waals surface area contributed by atoms with Crippen molar-refractivity contribution in [3.05, 3.63) is 115 Å². The number of aromatic nitrogens is 3. The Morgan fingerprint density at radius 2 is 1.77 bits per heavy atom. The van der Waals surface area contributed by atoms with Crippen molar-refractivity contribution in [3.8, 4) is 40.0 Å². The smallest absolute Gasteiger partial charge is 0.472 e. The number of fused-ring (bicyclic) bond motifs is 2. The van der Waals surface area contributed by atoms with Crippen LogP contribution in [0.1, 0.15) is 45.3 Å². The summed E-state index contributed by atoms with van der Waals surface area (Å²) in [6.45, 7) is 0.259. The van der Waals surface area contributed by atoms with Gasteiger partial charge >= 0.3 is 19.5 Å². The summed E-state index contributed by atoms with van der Waals surface area (Å²) >= 11 is 0.928. The van der Waals surface area contributed by atoms with Gasteiger partial charge in [-0.3, -0.25) is 53.2 Å². The molecular formula is C40H38N5O17PS. The number of nitrogens with zero attached hydrogens (tertiary/aromatic N) is 2. The van der Waals surface area contributed by atoms with E-state index in [9.17, 15) is 63.8 Å². The number of aromatic hydroxyl groups is 3. The van der Waals surface area contributed by atoms with Crippen molar-refractivity contribution in [1.82, 2.24) is 25.0 Å². The van der Waals surface area contributed by atoms with Crippen molar-refractivity contribution in [2.24, 2.45) is 0 Å². The van der Waals surface area contributed by atoms with Crippen LogP contribution in [0, 0.1) is 6.92 Å². The first-order valence-electron chi connectivity index (χ1n) is 19.1. The van der Waals surface area contributed by atoms with Gasteiger partial charge in [0.25, 0.3) is 11.5 Å². The molecule has 1 fully saturated rings. The number of amides is 2. The molecule has 4 atom stereocenters. The van der Waals surface area contributed by atoms with Crippen molar-refractivity contribution in [2.75, 3.05) is 19.0 Å². The predicted octanol–water partition coefficient (Wildman–Crippen LogP) is 2.77. The van der Waals surface area contributed by atoms with Crippen molar-refractivity contribution in [3.63, 3.8) is 0 Å². The van der Waals surface area contributed by atoms with E-state index in [0.717, 1.165) is 20.9 Å². The van der Waals surface area contributed by atoms with E-state index in [0.29, 0.717) is 16.5 Å². The average Bonchev–Trinajstić information content (AvgIpc) is 3.75. The van der Waals surface area contributed by atoms with Gasteiger partial charge in [-0.05, 0) is 55.0 Å². The largest absolute Gasteiger partial charge is 0.508 e. The number of carbonyl (C=O) groups is 3. The number of aromatic carboxylic acids is 1. The number of hydrogen-bond acceptors (Lipinski definition) is 16. The molecule has 0 bridgehead atoms. The van der Waals surface area contributed by atoms with Gasteiger partial charge in [0.1, 0.15) is 29.4 Å². The summed E-state index contributed by atoms with van der Waals surface area (Å²) in [6.07, 6.45) is -2.42. The Morgan fingerprint density at radius 3 is 2.53 bits per heavy atom. The van der Waals surface area contributed by atoms with Crippen molar-refractivity contribution < 1.29 is 67.6 Å². The second-order valence-corrected chi connectivity index (χ2v) is 16.9. The summed E-state index contributed by atoms with van der Waals surface area (Å²) in [7, 11) is -4.68. The topological polar surface area (TPSA) is 331 Å². The number of benzene rings is 3. The van der Waals surface area contributed by atoms with E-state index in [1.807, 2.05) is 0 Å². The Hall–Kier alpha value is -6.72. The number of nitrogens with one attached hydrogen (secondary N) is 3. The van der Waals surface area contributed by atoms with E-state index < -0.39 is 73.7 Å². The Labute approximate surface area is 363 Å². The molecule has 9 N–H and O–H groups in total. The van der Waals surface area contributed by atoms with Gasteiger partial charge in [0.2, 0.25) is 11.8 Å². The molecule has 1 saturated heterocycles. The van der Waals surface area contributed by atoms with Crippen LogP contribution in [0.25, 0.3) is 33.4 Å². The lowest BCUT2D eigenvalue weighted by Gasteiger charge is -2.18. The minimum absolute atomic E-state index is 0.0254. The van der Waals surface area contributed by atoms with Gasteiger partial charge < -0.3 is 39.6 Å². The molecule has 336 valence electrons. The van der Waals surface area contributed by atoms with E-state index in [1.54, 1.807) is 0 Å². The standard InChI is InChI=1S/C40H38N5O17PS/c1-19-17-45(40(56)41-36(19)51)34-15-27(48)30(62-34)18-60-63(57,58)59-10-11-64-31-16-33(50)44(38(31)53)9-8-32(49)42-43-37(52)20-2-5-23(39(54)55)26(12-20)35-24-6-3-21(46)13-28(24)61-29-14-22(47)4-7-25(29)35/h2-7,12-14,16-17,27,30,34,46,48,50,53H,8-11,15,18H2,1H3,(H,42,49)(H,43,52)(H,54,55)(H,57,58)(H,41,51,56)/t27-,30-,34-/m1/s1. The number of hydrazine groups is 1. The van der Waals surface area contributed by atoms with Gasteiger partial charge in [-0.1, -0.05) is 0 Å². The molecule has 2 aromatic heterocycles. The lowest BCUT2D eigenvalue weighted by molar-refractivity contribution is -0.122. The quantitative estimate of drug-likeness (QED) is 0.0235. The maximum absolute atomic E-state index is 13.3. The maximum Gasteiger partial charge on any atom is 0.472 e. The fraction of sp³-hybridized carbons (Fsp3) is 0.250. The zero-order valence-electron chi connectivity index (χ0n) is 33.2. The fourth-order valence-electron chi connectivity index (χ4n) is 6.88. The number of phenols is 1. The molecule has 1 unspecified atom stereocenters. The van der Waals surface area contributed by atoms with Crippen LogP contribution in [0.2, 0.25) is 0 Å². The molecule has 2 aliphatic heterocycles. The summed E-state index contributed by atoms with van der Waals surface area (Å²) in [5.74, 6) is -3.85. The SMILES string of the molecule is Cc1cn([C@H]2C[C@@H](O)[C@@H](COP(=O)(O)OCCSc3cc(O)n(CCC(=O)NNC(=O)c4ccc(C(=O)O)c(-c5c6ccc(=O)cc-6oc6cc(O)ccc56)c4)c3O)O2)c(=O)[nH]c1=O. The van der Waals surface area contributed by atoms with Gasteiger partial charge in [0.05, 0.1) is 29.8 Å². The van der Waals surface area contributed by atoms with E-state index in [4.69, 9.17) is 18.2 Å². The number of hydrogen-bond donors (Lipinski definition) is 9. The van der Waals surface area contributed by atoms with Gasteiger partial charge in [-0.25, -0.2) is 14.2 Å². The van der Waals surface area contributed by atoms with Gasteiger partial charge in [-0.15, -0.1) is 11.8 Å². The number of aliphatic hydroxyl groups is 1. The van der Waals surface area contributed by atoms with Crippen molar-refractivity contribution in [1.29, 1.82) is 0 Å². The minimum atomic E-state index is -4.68. The first kappa shape index (κ1) is 45.3. The van der Waals surface area contributed by atoms with E-state index in [-0.39, 0.29) is 81.4 Å². The van der Waals surface area contributed by atoms with Crippen molar-refractivity contribution in [2.45, 2.75) is 49.6 Å². The molecule has 22 nitrogen and oxygen atoms in total. The zero-order chi connectivity index (χ0) is 46.0. The lowest BCUT2D eigenvalue weighted by atomic mass is 9.89. The van der Waals surface area contributed by atoms with E-state index in [2.05, 4.69) is 15.8 Å². The van der Waals surface area contributed by atoms with Crippen LogP contribution in [-0.4, -0.2) is 93.5 Å². The van der Waals surface area contributed by atoms with Crippen LogP contribution in [0.5, 0.6) is 17.5 Å². The van der Waals surface area contributed by atoms with Gasteiger partial charge in [0.15, 0.2) is 11.3 Å². The Bertz CT molecular complexity index is 3000. The lowest BCUT2D eigenvalue weighted by Crippen LogP contribution is -2.41. The number of aliphatic hydroxyl groups excluding tert-OH is 1. The number of rotatable bonds is 15. The number of H-pyrrole nitrogens is 1. The number of thioether (sulfide) groups is 1. The van der Waals surface area contributed by atoms with Crippen LogP contribution in [0.3, 0.4) is 0 Å². The number of ether oxygens (including phenoxy) is 1. The first-order valence-corrected chi connectivity index (χ1v) is 21.6. The number of aryl methyl sites for hydroxylation is 1. The monoisotopic (exact) mass is 923 g/mol. The second-order valence-electron chi connectivity index (χ2n) is 14.3. The molecule has 1 aliphatic carbocycles. The Morgan fingerprint density at radius 1 is 0.984 bits per heavy atom. The second kappa shape index (κ2) is 18.6. The summed E-state index contributed by atoms with van der Waals surface area (Å²) in [5.41, 5.74) is 3.58. The van der Waals surface area contributed by atoms with Crippen LogP contribution in [0.15, 0.2) is 90.6 Å². The summed E-state index contributed by atoms with van der Waals surface area (Å²) < 4.78 is 36.0. The third-order valence-corrected chi connectivity index (χ3v) is 12.0. The molecule has 2 amide bonds. The maximum atomic E-state index is 13.3. The number of phenolic OH excluding ortho intramolecular Hbond substituents is 1. The Kier molecular flexibility index (Phi) is 13.1. The molecule has 3 aliphatic rings. The number of phosphoric ester groups is 1. The molecule has 4 heterocycles. The molecule has 64 heavy (non-hydrogen) atoms. The number of carboxylic acid groups (broad SMARTS) is 1. The van der Waals surface area contributed by atoms with Gasteiger partial charge in [-0.2, -0.15) is 0 Å². The summed E-state index contributed by atoms with van der Waals surface area (Å²) in [5, 5.41) is 52.1. The molecule has 2 aromatic carbocycles. The summed E-state index contributed by atoms with van der Waals surface area (Å²) in [4.78, 5) is 86.9. The van der Waals surface area contributed by atoms with Gasteiger partial charge in [0, 0.05) is 77.2 Å². The Balaban J connectivity index is 0.911. The number of phosphoric acid groups is 1.